The van der Waals surface area contributed by atoms with Crippen molar-refractivity contribution in [2.45, 2.75) is 0 Å². The molecule has 0 unspecified atom stereocenters. The first-order valence-electron chi connectivity index (χ1n) is 5.67. The molecule has 0 atom stereocenters. The van der Waals surface area contributed by atoms with E-state index < -0.39 is 18.4 Å². The Labute approximate surface area is 119 Å². The summed E-state index contributed by atoms with van der Waals surface area (Å²) in [4.78, 5) is 23.5. The highest BCUT2D eigenvalue weighted by Gasteiger charge is 2.19. The Kier molecular flexibility index (Phi) is 4.05. The van der Waals surface area contributed by atoms with Gasteiger partial charge < -0.3 is 14.5 Å². The molecule has 1 amide bonds. The molecule has 0 saturated heterocycles. The first-order chi connectivity index (χ1) is 9.47. The fraction of sp³-hybridized carbons (Fsp3) is 0.154. The van der Waals surface area contributed by atoms with Crippen LogP contribution in [0.5, 0.6) is 0 Å². The lowest BCUT2D eigenvalue weighted by molar-refractivity contribution is -0.137. The molecule has 1 heterocycles. The van der Waals surface area contributed by atoms with E-state index >= 15 is 0 Å². The molecule has 0 aliphatic carbocycles. The number of carbonyl (C=O) groups is 2. The maximum absolute atomic E-state index is 11.9. The van der Waals surface area contributed by atoms with Gasteiger partial charge in [0.2, 0.25) is 0 Å². The zero-order valence-electron chi connectivity index (χ0n) is 10.5. The molecular weight excluding hydrogens is 284 g/mol. The summed E-state index contributed by atoms with van der Waals surface area (Å²) in [7, 11) is 1.38. The van der Waals surface area contributed by atoms with E-state index in [1.807, 2.05) is 0 Å². The number of rotatable bonds is 4. The van der Waals surface area contributed by atoms with E-state index in [0.717, 1.165) is 10.5 Å². The SMILES string of the molecule is CN(CC(=O)O)C(=O)c1cc(-c2ccc(Cl)cc2)on1. The van der Waals surface area contributed by atoms with Crippen molar-refractivity contribution in [3.63, 3.8) is 0 Å². The van der Waals surface area contributed by atoms with Gasteiger partial charge in [-0.25, -0.2) is 0 Å². The van der Waals surface area contributed by atoms with Crippen molar-refractivity contribution in [2.75, 3.05) is 13.6 Å². The Hall–Kier alpha value is -2.34. The van der Waals surface area contributed by atoms with E-state index in [1.165, 1.54) is 13.1 Å². The summed E-state index contributed by atoms with van der Waals surface area (Å²) in [5, 5.41) is 12.9. The van der Waals surface area contributed by atoms with E-state index in [1.54, 1.807) is 24.3 Å². The van der Waals surface area contributed by atoms with Crippen LogP contribution in [0.25, 0.3) is 11.3 Å². The van der Waals surface area contributed by atoms with Crippen LogP contribution in [0.1, 0.15) is 10.5 Å². The van der Waals surface area contributed by atoms with E-state index in [9.17, 15) is 9.59 Å². The predicted octanol–water partition coefficient (Wildman–Crippen LogP) is 2.15. The molecule has 20 heavy (non-hydrogen) atoms. The first-order valence-corrected chi connectivity index (χ1v) is 6.05. The van der Waals surface area contributed by atoms with Gasteiger partial charge >= 0.3 is 5.97 Å². The highest BCUT2D eigenvalue weighted by Crippen LogP contribution is 2.22. The molecule has 0 bridgehead atoms. The van der Waals surface area contributed by atoms with Gasteiger partial charge in [-0.2, -0.15) is 0 Å². The summed E-state index contributed by atoms with van der Waals surface area (Å²) in [6, 6.07) is 8.31. The Bertz CT molecular complexity index is 636. The molecule has 0 saturated carbocycles. The number of hydrogen-bond donors (Lipinski definition) is 1. The zero-order chi connectivity index (χ0) is 14.7. The van der Waals surface area contributed by atoms with E-state index in [2.05, 4.69) is 5.16 Å². The fourth-order valence-electron chi connectivity index (χ4n) is 1.60. The van der Waals surface area contributed by atoms with Crippen LogP contribution >= 0.6 is 11.6 Å². The van der Waals surface area contributed by atoms with Crippen LogP contribution in [0.2, 0.25) is 5.02 Å². The third kappa shape index (κ3) is 3.16. The van der Waals surface area contributed by atoms with Crippen molar-refractivity contribution in [1.29, 1.82) is 0 Å². The second kappa shape index (κ2) is 5.75. The van der Waals surface area contributed by atoms with Gasteiger partial charge in [-0.1, -0.05) is 16.8 Å². The Morgan fingerprint density at radius 3 is 2.60 bits per heavy atom. The molecule has 2 aromatic rings. The number of benzene rings is 1. The van der Waals surface area contributed by atoms with Crippen LogP contribution in [0, 0.1) is 0 Å². The van der Waals surface area contributed by atoms with Crippen molar-refractivity contribution in [1.82, 2.24) is 10.1 Å². The van der Waals surface area contributed by atoms with E-state index in [-0.39, 0.29) is 5.69 Å². The minimum absolute atomic E-state index is 0.0544. The minimum atomic E-state index is -1.10. The van der Waals surface area contributed by atoms with Crippen molar-refractivity contribution in [3.05, 3.63) is 41.0 Å². The van der Waals surface area contributed by atoms with Gasteiger partial charge in [-0.3, -0.25) is 9.59 Å². The summed E-state index contributed by atoms with van der Waals surface area (Å²) < 4.78 is 5.08. The lowest BCUT2D eigenvalue weighted by Gasteiger charge is -2.11. The second-order valence-corrected chi connectivity index (χ2v) is 4.57. The Balaban J connectivity index is 2.18. The van der Waals surface area contributed by atoms with Gasteiger partial charge in [-0.15, -0.1) is 0 Å². The van der Waals surface area contributed by atoms with E-state index in [0.29, 0.717) is 10.8 Å². The highest BCUT2D eigenvalue weighted by atomic mass is 35.5. The maximum atomic E-state index is 11.9. The van der Waals surface area contributed by atoms with Gasteiger partial charge in [0.15, 0.2) is 11.5 Å². The predicted molar refractivity (Wildman–Crippen MR) is 71.5 cm³/mol. The number of nitrogens with zero attached hydrogens (tertiary/aromatic N) is 2. The molecule has 0 fully saturated rings. The normalized spacial score (nSPS) is 10.3. The Morgan fingerprint density at radius 2 is 2.00 bits per heavy atom. The van der Waals surface area contributed by atoms with Gasteiger partial charge in [0.1, 0.15) is 6.54 Å². The topological polar surface area (TPSA) is 83.6 Å². The van der Waals surface area contributed by atoms with Crippen LogP contribution in [0.3, 0.4) is 0 Å². The van der Waals surface area contributed by atoms with Gasteiger partial charge in [-0.05, 0) is 24.3 Å². The number of carboxylic acid groups (broad SMARTS) is 1. The first kappa shape index (κ1) is 14.1. The fourth-order valence-corrected chi connectivity index (χ4v) is 1.72. The molecule has 0 spiro atoms. The lowest BCUT2D eigenvalue weighted by atomic mass is 10.1. The van der Waals surface area contributed by atoms with Crippen LogP contribution in [-0.2, 0) is 4.79 Å². The largest absolute Gasteiger partial charge is 0.480 e. The molecule has 6 nitrogen and oxygen atoms in total. The molecular formula is C13H11ClN2O4. The average Bonchev–Trinajstić information content (AvgIpc) is 2.87. The van der Waals surface area contributed by atoms with Crippen molar-refractivity contribution in [3.8, 4) is 11.3 Å². The molecule has 0 aliphatic heterocycles. The zero-order valence-corrected chi connectivity index (χ0v) is 11.3. The number of halogens is 1. The molecule has 1 aromatic carbocycles. The summed E-state index contributed by atoms with van der Waals surface area (Å²) >= 11 is 5.78. The van der Waals surface area contributed by atoms with Crippen LogP contribution < -0.4 is 0 Å². The molecule has 104 valence electrons. The molecule has 7 heteroatoms. The van der Waals surface area contributed by atoms with Crippen molar-refractivity contribution < 1.29 is 19.2 Å². The number of carboxylic acids is 1. The third-order valence-electron chi connectivity index (χ3n) is 2.58. The molecule has 0 radical (unpaired) electrons. The number of carbonyl (C=O) groups excluding carboxylic acids is 1. The van der Waals surface area contributed by atoms with Gasteiger partial charge in [0.05, 0.1) is 0 Å². The number of aliphatic carboxylic acids is 1. The second-order valence-electron chi connectivity index (χ2n) is 4.14. The smallest absolute Gasteiger partial charge is 0.323 e. The van der Waals surface area contributed by atoms with Crippen LogP contribution in [0.15, 0.2) is 34.9 Å². The minimum Gasteiger partial charge on any atom is -0.480 e. The molecule has 1 aromatic heterocycles. The third-order valence-corrected chi connectivity index (χ3v) is 2.83. The summed E-state index contributed by atoms with van der Waals surface area (Å²) in [5.74, 6) is -1.20. The lowest BCUT2D eigenvalue weighted by Crippen LogP contribution is -2.32. The van der Waals surface area contributed by atoms with Crippen LogP contribution in [0.4, 0.5) is 0 Å². The van der Waals surface area contributed by atoms with Crippen LogP contribution in [-0.4, -0.2) is 40.6 Å². The number of hydrogen-bond acceptors (Lipinski definition) is 4. The monoisotopic (exact) mass is 294 g/mol. The maximum Gasteiger partial charge on any atom is 0.323 e. The molecule has 2 rings (SSSR count). The van der Waals surface area contributed by atoms with Crippen molar-refractivity contribution >= 4 is 23.5 Å². The van der Waals surface area contributed by atoms with Gasteiger partial charge in [0.25, 0.3) is 5.91 Å². The molecule has 1 N–H and O–H groups in total. The number of aromatic nitrogens is 1. The quantitative estimate of drug-likeness (QED) is 0.934. The standard InChI is InChI=1S/C13H11ClN2O4/c1-16(7-12(17)18)13(19)10-6-11(20-15-10)8-2-4-9(14)5-3-8/h2-6H,7H2,1H3,(H,17,18). The van der Waals surface area contributed by atoms with E-state index in [4.69, 9.17) is 21.2 Å². The summed E-state index contributed by atoms with van der Waals surface area (Å²) in [5.41, 5.74) is 0.778. The Morgan fingerprint density at radius 1 is 1.35 bits per heavy atom. The number of amides is 1. The molecule has 0 aliphatic rings. The van der Waals surface area contributed by atoms with Crippen molar-refractivity contribution in [2.24, 2.45) is 0 Å². The average molecular weight is 295 g/mol. The summed E-state index contributed by atoms with van der Waals surface area (Å²) in [6.45, 7) is -0.401. The number of likely N-dealkylation sites (N-methyl/N-ethyl adjacent to an activating group) is 1. The van der Waals surface area contributed by atoms with Gasteiger partial charge in [0, 0.05) is 23.7 Å². The summed E-state index contributed by atoms with van der Waals surface area (Å²) in [6.07, 6.45) is 0. The highest BCUT2D eigenvalue weighted by molar-refractivity contribution is 6.30.